The number of aromatic nitrogens is 2. The van der Waals surface area contributed by atoms with Gasteiger partial charge in [0.2, 0.25) is 5.95 Å². The lowest BCUT2D eigenvalue weighted by molar-refractivity contribution is 1.15. The van der Waals surface area contributed by atoms with Crippen LogP contribution in [0.1, 0.15) is 5.56 Å². The molecule has 1 heterocycles. The minimum Gasteiger partial charge on any atom is -0.357 e. The Labute approximate surface area is 89.2 Å². The van der Waals surface area contributed by atoms with Gasteiger partial charge in [-0.2, -0.15) is 0 Å². The number of nitrogens with zero attached hydrogens (tertiary/aromatic N) is 2. The van der Waals surface area contributed by atoms with Crippen molar-refractivity contribution in [1.82, 2.24) is 9.97 Å². The van der Waals surface area contributed by atoms with Crippen LogP contribution in [0.4, 0.5) is 5.95 Å². The predicted octanol–water partition coefficient (Wildman–Crippen LogP) is 2.49. The number of nitrogens with one attached hydrogen (secondary N) is 1. The molecule has 1 aromatic heterocycles. The van der Waals surface area contributed by atoms with Crippen LogP contribution in [0.15, 0.2) is 36.5 Å². The van der Waals surface area contributed by atoms with Gasteiger partial charge in [0.15, 0.2) is 0 Å². The van der Waals surface area contributed by atoms with E-state index in [1.807, 2.05) is 25.2 Å². The lowest BCUT2D eigenvalue weighted by Gasteiger charge is -2.05. The summed E-state index contributed by atoms with van der Waals surface area (Å²) in [6.07, 6.45) is 1.76. The van der Waals surface area contributed by atoms with Gasteiger partial charge in [0, 0.05) is 18.8 Å². The molecule has 76 valence electrons. The maximum atomic E-state index is 4.40. The lowest BCUT2D eigenvalue weighted by Crippen LogP contribution is -1.97. The van der Waals surface area contributed by atoms with E-state index in [0.29, 0.717) is 5.95 Å². The molecule has 0 saturated heterocycles. The summed E-state index contributed by atoms with van der Waals surface area (Å²) in [6.45, 7) is 2.08. The van der Waals surface area contributed by atoms with Crippen LogP contribution in [0.5, 0.6) is 0 Å². The van der Waals surface area contributed by atoms with Crippen molar-refractivity contribution in [3.8, 4) is 11.3 Å². The van der Waals surface area contributed by atoms with Crippen LogP contribution < -0.4 is 5.32 Å². The predicted molar refractivity (Wildman–Crippen MR) is 61.8 cm³/mol. The van der Waals surface area contributed by atoms with Crippen LogP contribution in [0.25, 0.3) is 11.3 Å². The summed E-state index contributed by atoms with van der Waals surface area (Å²) in [4.78, 5) is 8.49. The van der Waals surface area contributed by atoms with E-state index < -0.39 is 0 Å². The van der Waals surface area contributed by atoms with Gasteiger partial charge in [-0.05, 0) is 18.6 Å². The second kappa shape index (κ2) is 4.09. The number of benzene rings is 1. The zero-order chi connectivity index (χ0) is 10.7. The third-order valence-corrected chi connectivity index (χ3v) is 2.30. The molecule has 0 aliphatic rings. The van der Waals surface area contributed by atoms with E-state index in [1.54, 1.807) is 6.20 Å². The lowest BCUT2D eigenvalue weighted by atomic mass is 10.1. The van der Waals surface area contributed by atoms with Gasteiger partial charge in [-0.25, -0.2) is 9.97 Å². The van der Waals surface area contributed by atoms with E-state index in [-0.39, 0.29) is 0 Å². The highest BCUT2D eigenvalue weighted by Gasteiger charge is 2.02. The molecule has 0 fully saturated rings. The highest BCUT2D eigenvalue weighted by Crippen LogP contribution is 2.20. The molecule has 0 bridgehead atoms. The van der Waals surface area contributed by atoms with Gasteiger partial charge in [0.1, 0.15) is 0 Å². The SMILES string of the molecule is CNc1nccc(-c2ccccc2C)n1. The van der Waals surface area contributed by atoms with Crippen molar-refractivity contribution in [1.29, 1.82) is 0 Å². The van der Waals surface area contributed by atoms with Crippen molar-refractivity contribution in [3.63, 3.8) is 0 Å². The Bertz CT molecular complexity index is 466. The third-order valence-electron chi connectivity index (χ3n) is 2.30. The Morgan fingerprint density at radius 2 is 1.93 bits per heavy atom. The number of hydrogen-bond acceptors (Lipinski definition) is 3. The Hall–Kier alpha value is -1.90. The Kier molecular flexibility index (Phi) is 2.63. The van der Waals surface area contributed by atoms with Gasteiger partial charge >= 0.3 is 0 Å². The first-order valence-electron chi connectivity index (χ1n) is 4.88. The molecule has 0 unspecified atom stereocenters. The molecule has 0 aliphatic carbocycles. The molecule has 3 heteroatoms. The van der Waals surface area contributed by atoms with E-state index in [1.165, 1.54) is 5.56 Å². The van der Waals surface area contributed by atoms with E-state index in [0.717, 1.165) is 11.3 Å². The number of anilines is 1. The zero-order valence-electron chi connectivity index (χ0n) is 8.86. The molecule has 1 aromatic carbocycles. The minimum absolute atomic E-state index is 0.649. The summed E-state index contributed by atoms with van der Waals surface area (Å²) in [5.41, 5.74) is 3.32. The molecule has 3 nitrogen and oxygen atoms in total. The average molecular weight is 199 g/mol. The van der Waals surface area contributed by atoms with E-state index in [2.05, 4.69) is 34.3 Å². The zero-order valence-corrected chi connectivity index (χ0v) is 8.86. The highest BCUT2D eigenvalue weighted by atomic mass is 15.1. The molecule has 0 amide bonds. The maximum Gasteiger partial charge on any atom is 0.222 e. The molecule has 1 N–H and O–H groups in total. The Morgan fingerprint density at radius 1 is 1.13 bits per heavy atom. The monoisotopic (exact) mass is 199 g/mol. The molecule has 2 aromatic rings. The van der Waals surface area contributed by atoms with Gasteiger partial charge in [-0.15, -0.1) is 0 Å². The van der Waals surface area contributed by atoms with Gasteiger partial charge in [-0.1, -0.05) is 24.3 Å². The quantitative estimate of drug-likeness (QED) is 0.807. The van der Waals surface area contributed by atoms with Crippen molar-refractivity contribution < 1.29 is 0 Å². The first kappa shape index (κ1) is 9.65. The van der Waals surface area contributed by atoms with Crippen LogP contribution >= 0.6 is 0 Å². The number of hydrogen-bond donors (Lipinski definition) is 1. The largest absolute Gasteiger partial charge is 0.357 e. The molecule has 0 radical (unpaired) electrons. The third kappa shape index (κ3) is 1.96. The molecule has 0 spiro atoms. The van der Waals surface area contributed by atoms with Crippen molar-refractivity contribution in [2.24, 2.45) is 0 Å². The molecular formula is C12H13N3. The summed E-state index contributed by atoms with van der Waals surface area (Å²) < 4.78 is 0. The summed E-state index contributed by atoms with van der Waals surface area (Å²) >= 11 is 0. The highest BCUT2D eigenvalue weighted by molar-refractivity contribution is 5.63. The van der Waals surface area contributed by atoms with Crippen LogP contribution in [-0.2, 0) is 0 Å². The van der Waals surface area contributed by atoms with Gasteiger partial charge < -0.3 is 5.32 Å². The standard InChI is InChI=1S/C12H13N3/c1-9-5-3-4-6-10(9)11-7-8-14-12(13-2)15-11/h3-8H,1-2H3,(H,13,14,15). The van der Waals surface area contributed by atoms with Crippen LogP contribution in [0.3, 0.4) is 0 Å². The molecule has 0 atom stereocenters. The van der Waals surface area contributed by atoms with Crippen LogP contribution in [-0.4, -0.2) is 17.0 Å². The van der Waals surface area contributed by atoms with Gasteiger partial charge in [-0.3, -0.25) is 0 Å². The maximum absolute atomic E-state index is 4.40. The smallest absolute Gasteiger partial charge is 0.222 e. The fraction of sp³-hybridized carbons (Fsp3) is 0.167. The summed E-state index contributed by atoms with van der Waals surface area (Å²) in [5.74, 6) is 0.649. The first-order valence-corrected chi connectivity index (χ1v) is 4.88. The van der Waals surface area contributed by atoms with Crippen molar-refractivity contribution in [3.05, 3.63) is 42.1 Å². The fourth-order valence-corrected chi connectivity index (χ4v) is 1.49. The normalized spacial score (nSPS) is 10.0. The summed E-state index contributed by atoms with van der Waals surface area (Å²) in [5, 5.41) is 2.93. The molecule has 0 saturated carbocycles. The molecular weight excluding hydrogens is 186 g/mol. The summed E-state index contributed by atoms with van der Waals surface area (Å²) in [7, 11) is 1.82. The second-order valence-corrected chi connectivity index (χ2v) is 3.33. The molecule has 15 heavy (non-hydrogen) atoms. The average Bonchev–Trinajstić information content (AvgIpc) is 2.30. The van der Waals surface area contributed by atoms with Crippen LogP contribution in [0.2, 0.25) is 0 Å². The van der Waals surface area contributed by atoms with Gasteiger partial charge in [0.25, 0.3) is 0 Å². The van der Waals surface area contributed by atoms with Crippen molar-refractivity contribution in [2.75, 3.05) is 12.4 Å². The van der Waals surface area contributed by atoms with Crippen molar-refractivity contribution >= 4 is 5.95 Å². The van der Waals surface area contributed by atoms with E-state index in [4.69, 9.17) is 0 Å². The van der Waals surface area contributed by atoms with E-state index >= 15 is 0 Å². The number of aryl methyl sites for hydroxylation is 1. The second-order valence-electron chi connectivity index (χ2n) is 3.33. The number of rotatable bonds is 2. The summed E-state index contributed by atoms with van der Waals surface area (Å²) in [6, 6.07) is 10.1. The van der Waals surface area contributed by atoms with E-state index in [9.17, 15) is 0 Å². The Balaban J connectivity index is 2.49. The first-order chi connectivity index (χ1) is 7.31. The fourth-order valence-electron chi connectivity index (χ4n) is 1.49. The Morgan fingerprint density at radius 3 is 2.67 bits per heavy atom. The topological polar surface area (TPSA) is 37.8 Å². The van der Waals surface area contributed by atoms with Crippen LogP contribution in [0, 0.1) is 6.92 Å². The molecule has 0 aliphatic heterocycles. The van der Waals surface area contributed by atoms with Crippen molar-refractivity contribution in [2.45, 2.75) is 6.92 Å². The van der Waals surface area contributed by atoms with Gasteiger partial charge in [0.05, 0.1) is 5.69 Å². The minimum atomic E-state index is 0.649. The molecule has 2 rings (SSSR count).